The second-order valence-corrected chi connectivity index (χ2v) is 6.38. The summed E-state index contributed by atoms with van der Waals surface area (Å²) in [7, 11) is 0. The molecule has 0 spiro atoms. The van der Waals surface area contributed by atoms with Crippen LogP contribution >= 0.6 is 0 Å². The smallest absolute Gasteiger partial charge is 0.339 e. The number of hydrogen-bond donors (Lipinski definition) is 2. The number of carbonyl (C=O) groups is 2. The lowest BCUT2D eigenvalue weighted by molar-refractivity contribution is 0.0694. The Morgan fingerprint density at radius 3 is 2.54 bits per heavy atom. The van der Waals surface area contributed by atoms with E-state index in [1.54, 1.807) is 6.92 Å². The summed E-state index contributed by atoms with van der Waals surface area (Å²) < 4.78 is 5.41. The summed E-state index contributed by atoms with van der Waals surface area (Å²) in [4.78, 5) is 23.5. The third-order valence-corrected chi connectivity index (χ3v) is 4.74. The van der Waals surface area contributed by atoms with Gasteiger partial charge in [0.1, 0.15) is 11.3 Å². The van der Waals surface area contributed by atoms with Crippen LogP contribution in [0.2, 0.25) is 0 Å². The normalized spacial score (nSPS) is 15.1. The molecule has 0 aliphatic heterocycles. The Kier molecular flexibility index (Phi) is 4.18. The number of carbonyl (C=O) groups excluding carboxylic acids is 1. The van der Waals surface area contributed by atoms with Gasteiger partial charge in [-0.2, -0.15) is 0 Å². The van der Waals surface area contributed by atoms with E-state index in [1.165, 1.54) is 17.2 Å². The molecule has 0 bridgehead atoms. The number of carboxylic acids is 1. The van der Waals surface area contributed by atoms with Crippen LogP contribution in [0.15, 0.2) is 34.7 Å². The highest BCUT2D eigenvalue weighted by Crippen LogP contribution is 2.48. The van der Waals surface area contributed by atoms with Crippen LogP contribution in [0.3, 0.4) is 0 Å². The maximum absolute atomic E-state index is 12.3. The molecule has 126 valence electrons. The lowest BCUT2D eigenvalue weighted by Gasteiger charge is -2.18. The Hall–Kier alpha value is -2.56. The van der Waals surface area contributed by atoms with Crippen LogP contribution in [0.4, 0.5) is 0 Å². The molecule has 1 saturated carbocycles. The molecule has 3 rings (SSSR count). The van der Waals surface area contributed by atoms with Gasteiger partial charge in [0.05, 0.1) is 0 Å². The highest BCUT2D eigenvalue weighted by atomic mass is 16.4. The highest BCUT2D eigenvalue weighted by molar-refractivity contribution is 5.96. The van der Waals surface area contributed by atoms with Gasteiger partial charge in [-0.1, -0.05) is 31.2 Å². The van der Waals surface area contributed by atoms with Gasteiger partial charge in [-0.15, -0.1) is 0 Å². The minimum absolute atomic E-state index is 0.00316. The molecular formula is C19H21NO4. The highest BCUT2D eigenvalue weighted by Gasteiger charge is 2.45. The molecule has 5 heteroatoms. The molecule has 5 nitrogen and oxygen atoms in total. The number of amides is 1. The maximum atomic E-state index is 12.3. The SMILES string of the molecule is CCc1oc(C(=O)NCC2(c3ccccc3C)CC2)cc1C(=O)O. The molecule has 24 heavy (non-hydrogen) atoms. The predicted octanol–water partition coefficient (Wildman–Crippen LogP) is 3.31. The van der Waals surface area contributed by atoms with Crippen molar-refractivity contribution in [2.24, 2.45) is 0 Å². The number of rotatable bonds is 6. The summed E-state index contributed by atoms with van der Waals surface area (Å²) in [6.45, 7) is 4.40. The van der Waals surface area contributed by atoms with Crippen molar-refractivity contribution in [3.63, 3.8) is 0 Å². The molecule has 1 amide bonds. The van der Waals surface area contributed by atoms with Crippen LogP contribution in [0, 0.1) is 6.92 Å². The lowest BCUT2D eigenvalue weighted by atomic mass is 9.92. The summed E-state index contributed by atoms with van der Waals surface area (Å²) in [5.74, 6) is -1.05. The quantitative estimate of drug-likeness (QED) is 0.853. The first kappa shape index (κ1) is 16.3. The minimum atomic E-state index is -1.08. The third-order valence-electron chi connectivity index (χ3n) is 4.74. The van der Waals surface area contributed by atoms with Crippen molar-refractivity contribution in [3.05, 3.63) is 58.5 Å². The molecule has 2 N–H and O–H groups in total. The molecule has 0 unspecified atom stereocenters. The average molecular weight is 327 g/mol. The Bertz CT molecular complexity index is 786. The monoisotopic (exact) mass is 327 g/mol. The zero-order chi connectivity index (χ0) is 17.3. The number of aryl methyl sites for hydroxylation is 2. The van der Waals surface area contributed by atoms with Crippen molar-refractivity contribution in [2.45, 2.75) is 38.5 Å². The Morgan fingerprint density at radius 1 is 1.29 bits per heavy atom. The van der Waals surface area contributed by atoms with E-state index >= 15 is 0 Å². The number of carboxylic acid groups (broad SMARTS) is 1. The predicted molar refractivity (Wildman–Crippen MR) is 89.5 cm³/mol. The zero-order valence-electron chi connectivity index (χ0n) is 13.9. The van der Waals surface area contributed by atoms with Gasteiger partial charge in [-0.25, -0.2) is 4.79 Å². The van der Waals surface area contributed by atoms with E-state index in [4.69, 9.17) is 9.52 Å². The molecule has 0 atom stereocenters. The third kappa shape index (κ3) is 2.94. The van der Waals surface area contributed by atoms with E-state index < -0.39 is 5.97 Å². The fraction of sp³-hybridized carbons (Fsp3) is 0.368. The van der Waals surface area contributed by atoms with Crippen molar-refractivity contribution in [3.8, 4) is 0 Å². The number of benzene rings is 1. The second kappa shape index (κ2) is 6.15. The van der Waals surface area contributed by atoms with Crippen LogP contribution in [-0.2, 0) is 11.8 Å². The second-order valence-electron chi connectivity index (χ2n) is 6.38. The first-order chi connectivity index (χ1) is 11.5. The van der Waals surface area contributed by atoms with Crippen molar-refractivity contribution >= 4 is 11.9 Å². The van der Waals surface area contributed by atoms with E-state index in [-0.39, 0.29) is 22.6 Å². The molecule has 1 aliphatic carbocycles. The Balaban J connectivity index is 1.72. The summed E-state index contributed by atoms with van der Waals surface area (Å²) in [5, 5.41) is 12.1. The Morgan fingerprint density at radius 2 is 2.00 bits per heavy atom. The molecule has 1 heterocycles. The molecule has 0 saturated heterocycles. The van der Waals surface area contributed by atoms with Gasteiger partial charge in [0.2, 0.25) is 0 Å². The largest absolute Gasteiger partial charge is 0.478 e. The van der Waals surface area contributed by atoms with Gasteiger partial charge in [0.15, 0.2) is 5.76 Å². The summed E-state index contributed by atoms with van der Waals surface area (Å²) in [6.07, 6.45) is 2.51. The molecule has 2 aromatic rings. The van der Waals surface area contributed by atoms with E-state index in [0.717, 1.165) is 12.8 Å². The first-order valence-corrected chi connectivity index (χ1v) is 8.17. The van der Waals surface area contributed by atoms with Crippen LogP contribution in [0.1, 0.15) is 57.6 Å². The van der Waals surface area contributed by atoms with Crippen molar-refractivity contribution < 1.29 is 19.1 Å². The summed E-state index contributed by atoms with van der Waals surface area (Å²) in [5.41, 5.74) is 2.55. The molecule has 0 radical (unpaired) electrons. The van der Waals surface area contributed by atoms with Crippen LogP contribution < -0.4 is 5.32 Å². The summed E-state index contributed by atoms with van der Waals surface area (Å²) in [6, 6.07) is 9.53. The average Bonchev–Trinajstić information content (AvgIpc) is 3.22. The summed E-state index contributed by atoms with van der Waals surface area (Å²) >= 11 is 0. The van der Waals surface area contributed by atoms with Crippen molar-refractivity contribution in [1.29, 1.82) is 0 Å². The van der Waals surface area contributed by atoms with Crippen molar-refractivity contribution in [2.75, 3.05) is 6.54 Å². The van der Waals surface area contributed by atoms with E-state index in [9.17, 15) is 9.59 Å². The van der Waals surface area contributed by atoms with E-state index in [1.807, 2.05) is 12.1 Å². The standard InChI is InChI=1S/C19H21NO4/c1-3-15-13(18(22)23)10-16(24-15)17(21)20-11-19(8-9-19)14-7-5-4-6-12(14)2/h4-7,10H,3,8-9,11H2,1-2H3,(H,20,21)(H,22,23). The lowest BCUT2D eigenvalue weighted by Crippen LogP contribution is -2.32. The van der Waals surface area contributed by atoms with Crippen LogP contribution in [0.5, 0.6) is 0 Å². The van der Waals surface area contributed by atoms with Gasteiger partial charge in [0.25, 0.3) is 5.91 Å². The topological polar surface area (TPSA) is 79.5 Å². The van der Waals surface area contributed by atoms with Crippen molar-refractivity contribution in [1.82, 2.24) is 5.32 Å². The van der Waals surface area contributed by atoms with Crippen LogP contribution in [0.25, 0.3) is 0 Å². The maximum Gasteiger partial charge on any atom is 0.339 e. The van der Waals surface area contributed by atoms with Gasteiger partial charge in [0, 0.05) is 24.4 Å². The van der Waals surface area contributed by atoms with E-state index in [0.29, 0.717) is 18.7 Å². The van der Waals surface area contributed by atoms with Crippen LogP contribution in [-0.4, -0.2) is 23.5 Å². The number of nitrogens with one attached hydrogen (secondary N) is 1. The first-order valence-electron chi connectivity index (χ1n) is 8.17. The van der Waals surface area contributed by atoms with Gasteiger partial charge in [-0.3, -0.25) is 4.79 Å². The number of hydrogen-bond acceptors (Lipinski definition) is 3. The molecule has 1 fully saturated rings. The molecular weight excluding hydrogens is 306 g/mol. The number of aromatic carboxylic acids is 1. The van der Waals surface area contributed by atoms with E-state index in [2.05, 4.69) is 24.4 Å². The zero-order valence-corrected chi connectivity index (χ0v) is 13.9. The molecule has 1 aromatic carbocycles. The molecule has 1 aromatic heterocycles. The van der Waals surface area contributed by atoms with Gasteiger partial charge < -0.3 is 14.8 Å². The van der Waals surface area contributed by atoms with Gasteiger partial charge in [-0.05, 0) is 30.9 Å². The fourth-order valence-corrected chi connectivity index (χ4v) is 3.18. The minimum Gasteiger partial charge on any atom is -0.478 e. The number of furan rings is 1. The fourth-order valence-electron chi connectivity index (χ4n) is 3.18. The molecule has 1 aliphatic rings. The Labute approximate surface area is 140 Å². The van der Waals surface area contributed by atoms with Gasteiger partial charge >= 0.3 is 5.97 Å².